The van der Waals surface area contributed by atoms with E-state index >= 15 is 0 Å². The van der Waals surface area contributed by atoms with E-state index in [0.29, 0.717) is 39.0 Å². The molecule has 0 saturated carbocycles. The van der Waals surface area contributed by atoms with Crippen LogP contribution in [0.3, 0.4) is 0 Å². The van der Waals surface area contributed by atoms with Crippen LogP contribution in [0.5, 0.6) is 0 Å². The molecule has 0 aromatic carbocycles. The van der Waals surface area contributed by atoms with E-state index in [1.165, 1.54) is 0 Å². The minimum Gasteiger partial charge on any atom is -0.356 e. The van der Waals surface area contributed by atoms with E-state index in [1.54, 1.807) is 9.80 Å². The molecule has 29 heavy (non-hydrogen) atoms. The van der Waals surface area contributed by atoms with Gasteiger partial charge in [-0.2, -0.15) is 0 Å². The van der Waals surface area contributed by atoms with E-state index in [9.17, 15) is 19.2 Å². The Morgan fingerprint density at radius 2 is 1.45 bits per heavy atom. The first kappa shape index (κ1) is 24.9. The number of nitrogens with zero attached hydrogens (tertiary/aromatic N) is 2. The van der Waals surface area contributed by atoms with Gasteiger partial charge < -0.3 is 20.4 Å². The van der Waals surface area contributed by atoms with E-state index in [2.05, 4.69) is 10.6 Å². The first-order valence-electron chi connectivity index (χ1n) is 10.7. The first-order chi connectivity index (χ1) is 13.5. The third kappa shape index (κ3) is 8.03. The van der Waals surface area contributed by atoms with E-state index in [1.807, 2.05) is 41.5 Å². The number of carbonyl (C=O) groups is 4. The highest BCUT2D eigenvalue weighted by Gasteiger charge is 2.35. The fraction of sp³-hybridized carbons (Fsp3) is 0.810. The Labute approximate surface area is 174 Å². The normalized spacial score (nSPS) is 21.7. The summed E-state index contributed by atoms with van der Waals surface area (Å²) in [5, 5.41) is 5.66. The second-order valence-corrected chi connectivity index (χ2v) is 8.71. The highest BCUT2D eigenvalue weighted by Crippen LogP contribution is 2.19. The van der Waals surface area contributed by atoms with Crippen molar-refractivity contribution in [2.45, 2.75) is 66.3 Å². The minimum atomic E-state index is -0.224. The molecule has 2 aliphatic rings. The van der Waals surface area contributed by atoms with Crippen molar-refractivity contribution >= 4 is 23.6 Å². The van der Waals surface area contributed by atoms with Gasteiger partial charge in [-0.3, -0.25) is 19.2 Å². The van der Waals surface area contributed by atoms with Crippen LogP contribution in [-0.2, 0) is 19.2 Å². The lowest BCUT2D eigenvalue weighted by Crippen LogP contribution is -2.44. The van der Waals surface area contributed by atoms with Crippen LogP contribution in [0.2, 0.25) is 0 Å². The van der Waals surface area contributed by atoms with Crippen LogP contribution >= 0.6 is 0 Å². The second kappa shape index (κ2) is 11.2. The quantitative estimate of drug-likeness (QED) is 0.686. The first-order valence-corrected chi connectivity index (χ1v) is 10.7. The monoisotopic (exact) mass is 410 g/mol. The van der Waals surface area contributed by atoms with Crippen molar-refractivity contribution < 1.29 is 19.2 Å². The van der Waals surface area contributed by atoms with Crippen molar-refractivity contribution in [1.29, 1.82) is 0 Å². The number of rotatable bonds is 6. The molecule has 0 bridgehead atoms. The molecule has 2 N–H and O–H groups in total. The van der Waals surface area contributed by atoms with Crippen LogP contribution in [0.25, 0.3) is 0 Å². The Hall–Kier alpha value is -2.12. The molecule has 2 unspecified atom stereocenters. The van der Waals surface area contributed by atoms with Gasteiger partial charge in [0.15, 0.2) is 0 Å². The minimum absolute atomic E-state index is 0.000506. The smallest absolute Gasteiger partial charge is 0.225 e. The molecule has 2 rings (SSSR count). The molecule has 0 aromatic heterocycles. The van der Waals surface area contributed by atoms with Crippen LogP contribution in [0.1, 0.15) is 60.8 Å². The zero-order valence-electron chi connectivity index (χ0n) is 18.8. The van der Waals surface area contributed by atoms with Crippen LogP contribution in [0, 0.1) is 11.8 Å². The van der Waals surface area contributed by atoms with Crippen LogP contribution in [0.15, 0.2) is 0 Å². The van der Waals surface area contributed by atoms with Crippen molar-refractivity contribution in [1.82, 2.24) is 20.4 Å². The third-order valence-corrected chi connectivity index (χ3v) is 4.90. The topological polar surface area (TPSA) is 98.8 Å². The Bertz CT molecular complexity index is 600. The lowest BCUT2D eigenvalue weighted by atomic mass is 10.0. The predicted octanol–water partition coefficient (Wildman–Crippen LogP) is 1.15. The summed E-state index contributed by atoms with van der Waals surface area (Å²) in [4.78, 5) is 49.6. The largest absolute Gasteiger partial charge is 0.356 e. The third-order valence-electron chi connectivity index (χ3n) is 4.90. The number of nitrogens with one attached hydrogen (secondary N) is 2. The molecule has 0 aromatic rings. The van der Waals surface area contributed by atoms with Crippen LogP contribution < -0.4 is 10.6 Å². The predicted molar refractivity (Wildman–Crippen MR) is 112 cm³/mol. The number of likely N-dealkylation sites (tertiary alicyclic amines) is 2. The summed E-state index contributed by atoms with van der Waals surface area (Å²) in [7, 11) is 0. The molecule has 4 amide bonds. The second-order valence-electron chi connectivity index (χ2n) is 8.71. The highest BCUT2D eigenvalue weighted by molar-refractivity contribution is 5.90. The zero-order chi connectivity index (χ0) is 22.2. The summed E-state index contributed by atoms with van der Waals surface area (Å²) < 4.78 is 0. The molecule has 2 atom stereocenters. The van der Waals surface area contributed by atoms with Gasteiger partial charge >= 0.3 is 0 Å². The van der Waals surface area contributed by atoms with E-state index in [4.69, 9.17) is 0 Å². The Morgan fingerprint density at radius 1 is 0.931 bits per heavy atom. The maximum Gasteiger partial charge on any atom is 0.225 e. The van der Waals surface area contributed by atoms with Crippen molar-refractivity contribution in [3.63, 3.8) is 0 Å². The molecular formula is C21H38N4O4. The summed E-state index contributed by atoms with van der Waals surface area (Å²) in [6.07, 6.45) is 1.68. The molecule has 2 fully saturated rings. The summed E-state index contributed by atoms with van der Waals surface area (Å²) in [5.41, 5.74) is -0.224. The SMILES string of the molecule is CCCN1CC(C(=O)NC(C)(C)C)CC1=O.CCNC(=O)C1CC(=O)N(CC)C1. The molecule has 0 spiro atoms. The van der Waals surface area contributed by atoms with Crippen molar-refractivity contribution in [3.8, 4) is 0 Å². The highest BCUT2D eigenvalue weighted by atomic mass is 16.2. The number of amides is 4. The Kier molecular flexibility index (Phi) is 9.59. The Balaban J connectivity index is 0.000000296. The molecule has 8 heteroatoms. The number of hydrogen-bond acceptors (Lipinski definition) is 4. The molecule has 8 nitrogen and oxygen atoms in total. The maximum atomic E-state index is 11.9. The van der Waals surface area contributed by atoms with Crippen molar-refractivity contribution in [2.24, 2.45) is 11.8 Å². The van der Waals surface area contributed by atoms with Gasteiger partial charge in [0.25, 0.3) is 0 Å². The Morgan fingerprint density at radius 3 is 1.90 bits per heavy atom. The average Bonchev–Trinajstić information content (AvgIpc) is 3.18. The molecule has 2 aliphatic heterocycles. The van der Waals surface area contributed by atoms with Gasteiger partial charge in [-0.1, -0.05) is 6.92 Å². The number of hydrogen-bond donors (Lipinski definition) is 2. The fourth-order valence-corrected chi connectivity index (χ4v) is 3.48. The summed E-state index contributed by atoms with van der Waals surface area (Å²) in [5.74, 6) is -0.0911. The molecule has 0 radical (unpaired) electrons. The van der Waals surface area contributed by atoms with Crippen LogP contribution in [-0.4, -0.2) is 71.7 Å². The average molecular weight is 411 g/mol. The fourth-order valence-electron chi connectivity index (χ4n) is 3.48. The number of carbonyl (C=O) groups excluding carboxylic acids is 4. The standard InChI is InChI=1S/C12H22N2O2.C9H16N2O2/c1-5-6-14-8-9(7-10(14)15)11(16)13-12(2,3)4;1-3-10-9(13)7-5-8(12)11(4-2)6-7/h9H,5-8H2,1-4H3,(H,13,16);7H,3-6H2,1-2H3,(H,10,13). The molecule has 2 heterocycles. The van der Waals surface area contributed by atoms with Gasteiger partial charge in [0.05, 0.1) is 11.8 Å². The molecule has 166 valence electrons. The van der Waals surface area contributed by atoms with Gasteiger partial charge in [0, 0.05) is 51.1 Å². The lowest BCUT2D eigenvalue weighted by Gasteiger charge is -2.23. The maximum absolute atomic E-state index is 11.9. The molecular weight excluding hydrogens is 372 g/mol. The molecule has 2 saturated heterocycles. The van der Waals surface area contributed by atoms with Gasteiger partial charge in [0.2, 0.25) is 23.6 Å². The van der Waals surface area contributed by atoms with Gasteiger partial charge in [-0.05, 0) is 41.0 Å². The van der Waals surface area contributed by atoms with E-state index in [0.717, 1.165) is 13.0 Å². The summed E-state index contributed by atoms with van der Waals surface area (Å²) in [6, 6.07) is 0. The van der Waals surface area contributed by atoms with Gasteiger partial charge in [0.1, 0.15) is 0 Å². The van der Waals surface area contributed by atoms with E-state index < -0.39 is 0 Å². The zero-order valence-corrected chi connectivity index (χ0v) is 18.8. The lowest BCUT2D eigenvalue weighted by molar-refractivity contribution is -0.129. The summed E-state index contributed by atoms with van der Waals surface area (Å²) in [6.45, 7) is 15.0. The van der Waals surface area contributed by atoms with Crippen LogP contribution in [0.4, 0.5) is 0 Å². The van der Waals surface area contributed by atoms with E-state index in [-0.39, 0.29) is 41.0 Å². The van der Waals surface area contributed by atoms with Gasteiger partial charge in [-0.15, -0.1) is 0 Å². The van der Waals surface area contributed by atoms with Crippen molar-refractivity contribution in [2.75, 3.05) is 32.7 Å². The van der Waals surface area contributed by atoms with Crippen molar-refractivity contribution in [3.05, 3.63) is 0 Å². The summed E-state index contributed by atoms with van der Waals surface area (Å²) >= 11 is 0. The molecule has 0 aliphatic carbocycles. The van der Waals surface area contributed by atoms with Gasteiger partial charge in [-0.25, -0.2) is 0 Å².